The Bertz CT molecular complexity index is 980. The molecule has 2 heterocycles. The van der Waals surface area contributed by atoms with Gasteiger partial charge in [-0.15, -0.1) is 11.3 Å². The normalized spacial score (nSPS) is 10.5. The van der Waals surface area contributed by atoms with Crippen LogP contribution in [-0.4, -0.2) is 27.5 Å². The highest BCUT2D eigenvalue weighted by Gasteiger charge is 2.19. The molecule has 0 amide bonds. The van der Waals surface area contributed by atoms with E-state index in [0.717, 1.165) is 28.4 Å². The first-order chi connectivity index (χ1) is 13.5. The predicted molar refractivity (Wildman–Crippen MR) is 118 cm³/mol. The van der Waals surface area contributed by atoms with E-state index in [1.807, 2.05) is 61.1 Å². The van der Waals surface area contributed by atoms with Crippen molar-refractivity contribution in [2.45, 2.75) is 27.3 Å². The van der Waals surface area contributed by atoms with Crippen LogP contribution in [0.5, 0.6) is 0 Å². The zero-order valence-corrected chi connectivity index (χ0v) is 17.6. The van der Waals surface area contributed by atoms with Crippen molar-refractivity contribution in [1.29, 1.82) is 0 Å². The molecule has 1 aromatic carbocycles. The molecule has 3 aromatic rings. The van der Waals surface area contributed by atoms with Crippen LogP contribution in [0, 0.1) is 6.92 Å². The molecule has 0 saturated heterocycles. The van der Waals surface area contributed by atoms with Gasteiger partial charge in [0.2, 0.25) is 0 Å². The Morgan fingerprint density at radius 1 is 1.25 bits per heavy atom. The summed E-state index contributed by atoms with van der Waals surface area (Å²) in [5, 5.41) is 11.7. The first-order valence-electron chi connectivity index (χ1n) is 9.00. The molecule has 0 aliphatic carbocycles. The molecule has 2 N–H and O–H groups in total. The molecule has 3 rings (SSSR count). The van der Waals surface area contributed by atoms with Crippen LogP contribution in [0.15, 0.2) is 42.6 Å². The van der Waals surface area contributed by atoms with Crippen LogP contribution in [0.25, 0.3) is 10.4 Å². The van der Waals surface area contributed by atoms with Crippen LogP contribution < -0.4 is 10.6 Å². The summed E-state index contributed by atoms with van der Waals surface area (Å²) in [7, 11) is 0. The van der Waals surface area contributed by atoms with Crippen molar-refractivity contribution in [2.24, 2.45) is 0 Å². The Labute approximate surface area is 173 Å². The topological polar surface area (TPSA) is 68.2 Å². The number of rotatable bonds is 6. The number of hydrogen-bond acceptors (Lipinski definition) is 5. The van der Waals surface area contributed by atoms with Crippen molar-refractivity contribution in [3.8, 4) is 10.4 Å². The number of nitrogens with zero attached hydrogens (tertiary/aromatic N) is 2. The molecule has 0 spiro atoms. The summed E-state index contributed by atoms with van der Waals surface area (Å²) in [5.41, 5.74) is 3.19. The van der Waals surface area contributed by atoms with E-state index < -0.39 is 0 Å². The summed E-state index contributed by atoms with van der Waals surface area (Å²) < 4.78 is 7.04. The van der Waals surface area contributed by atoms with Crippen LogP contribution >= 0.6 is 23.6 Å². The van der Waals surface area contributed by atoms with Crippen molar-refractivity contribution in [2.75, 3.05) is 17.2 Å². The van der Waals surface area contributed by atoms with Gasteiger partial charge in [-0.2, -0.15) is 5.10 Å². The Balaban J connectivity index is 1.84. The highest BCUT2D eigenvalue weighted by atomic mass is 32.1. The molecule has 0 bridgehead atoms. The van der Waals surface area contributed by atoms with E-state index in [0.29, 0.717) is 22.3 Å². The third-order valence-electron chi connectivity index (χ3n) is 4.03. The molecular weight excluding hydrogens is 392 g/mol. The van der Waals surface area contributed by atoms with Gasteiger partial charge in [0.1, 0.15) is 5.00 Å². The smallest absolute Gasteiger partial charge is 0.341 e. The number of anilines is 2. The first-order valence-corrected chi connectivity index (χ1v) is 10.2. The molecule has 146 valence electrons. The second-order valence-corrected chi connectivity index (χ2v) is 7.46. The van der Waals surface area contributed by atoms with E-state index >= 15 is 0 Å². The maximum absolute atomic E-state index is 12.4. The summed E-state index contributed by atoms with van der Waals surface area (Å²) in [6, 6.07) is 11.7. The average molecular weight is 415 g/mol. The van der Waals surface area contributed by atoms with Gasteiger partial charge in [-0.3, -0.25) is 4.68 Å². The van der Waals surface area contributed by atoms with Crippen molar-refractivity contribution in [1.82, 2.24) is 9.78 Å². The van der Waals surface area contributed by atoms with Crippen molar-refractivity contribution >= 4 is 45.3 Å². The van der Waals surface area contributed by atoms with Crippen LogP contribution in [0.1, 0.15) is 29.9 Å². The van der Waals surface area contributed by atoms with E-state index in [1.165, 1.54) is 11.3 Å². The largest absolute Gasteiger partial charge is 0.462 e. The van der Waals surface area contributed by atoms with E-state index in [9.17, 15) is 4.79 Å². The van der Waals surface area contributed by atoms with Crippen LogP contribution in [0.4, 0.5) is 10.7 Å². The van der Waals surface area contributed by atoms with E-state index in [-0.39, 0.29) is 5.97 Å². The van der Waals surface area contributed by atoms with Gasteiger partial charge in [0, 0.05) is 17.6 Å². The van der Waals surface area contributed by atoms with Gasteiger partial charge in [0.25, 0.3) is 0 Å². The summed E-state index contributed by atoms with van der Waals surface area (Å²) >= 11 is 6.91. The Morgan fingerprint density at radius 3 is 2.64 bits per heavy atom. The van der Waals surface area contributed by atoms with Gasteiger partial charge < -0.3 is 15.4 Å². The number of aromatic nitrogens is 2. The number of benzene rings is 1. The number of hydrogen-bond donors (Lipinski definition) is 2. The fourth-order valence-electron chi connectivity index (χ4n) is 2.65. The summed E-state index contributed by atoms with van der Waals surface area (Å²) in [5.74, 6) is -0.374. The quantitative estimate of drug-likeness (QED) is 0.441. The van der Waals surface area contributed by atoms with Gasteiger partial charge >= 0.3 is 5.97 Å². The summed E-state index contributed by atoms with van der Waals surface area (Å²) in [6.45, 7) is 6.82. The number of nitrogens with one attached hydrogen (secondary N) is 2. The number of aryl methyl sites for hydroxylation is 2. The van der Waals surface area contributed by atoms with Crippen LogP contribution in [0.3, 0.4) is 0 Å². The maximum Gasteiger partial charge on any atom is 0.341 e. The standard InChI is InChI=1S/C20H22N4O2S2/c1-4-24-12-16(13(3)23-24)21-20(27)22-18-15(19(25)26-5-2)11-17(28-18)14-9-7-6-8-10-14/h6-12H,4-5H2,1-3H3,(H2,21,22,27). The number of thiophene rings is 1. The van der Waals surface area contributed by atoms with Crippen LogP contribution in [0.2, 0.25) is 0 Å². The lowest BCUT2D eigenvalue weighted by Gasteiger charge is -2.09. The highest BCUT2D eigenvalue weighted by Crippen LogP contribution is 2.36. The first kappa shape index (κ1) is 20.0. The number of esters is 1. The van der Waals surface area contributed by atoms with Gasteiger partial charge in [-0.25, -0.2) is 4.79 Å². The summed E-state index contributed by atoms with van der Waals surface area (Å²) in [4.78, 5) is 13.4. The molecule has 0 aliphatic rings. The van der Waals surface area contributed by atoms with E-state index in [2.05, 4.69) is 15.7 Å². The highest BCUT2D eigenvalue weighted by molar-refractivity contribution is 7.80. The van der Waals surface area contributed by atoms with Gasteiger partial charge in [-0.05, 0) is 44.6 Å². The average Bonchev–Trinajstić information content (AvgIpc) is 3.26. The Hall–Kier alpha value is -2.71. The molecule has 28 heavy (non-hydrogen) atoms. The van der Waals surface area contributed by atoms with E-state index in [4.69, 9.17) is 17.0 Å². The molecule has 0 unspecified atom stereocenters. The zero-order valence-electron chi connectivity index (χ0n) is 16.0. The second kappa shape index (κ2) is 8.99. The number of thiocarbonyl (C=S) groups is 1. The molecule has 0 saturated carbocycles. The van der Waals surface area contributed by atoms with Crippen LogP contribution in [-0.2, 0) is 11.3 Å². The third-order valence-corrected chi connectivity index (χ3v) is 5.34. The molecule has 2 aromatic heterocycles. The predicted octanol–water partition coefficient (Wildman–Crippen LogP) is 4.93. The van der Waals surface area contributed by atoms with Crippen molar-refractivity contribution < 1.29 is 9.53 Å². The SMILES string of the molecule is CCOC(=O)c1cc(-c2ccccc2)sc1NC(=S)Nc1cn(CC)nc1C. The molecule has 0 aliphatic heterocycles. The fourth-order valence-corrected chi connectivity index (χ4v) is 3.98. The molecular formula is C20H22N4O2S2. The summed E-state index contributed by atoms with van der Waals surface area (Å²) in [6.07, 6.45) is 1.90. The van der Waals surface area contributed by atoms with E-state index in [1.54, 1.807) is 6.92 Å². The van der Waals surface area contributed by atoms with Crippen molar-refractivity contribution in [3.63, 3.8) is 0 Å². The Morgan fingerprint density at radius 2 is 2.00 bits per heavy atom. The van der Waals surface area contributed by atoms with Gasteiger partial charge in [0.15, 0.2) is 5.11 Å². The molecule has 0 radical (unpaired) electrons. The monoisotopic (exact) mass is 414 g/mol. The third kappa shape index (κ3) is 4.58. The number of carbonyl (C=O) groups is 1. The van der Waals surface area contributed by atoms with Gasteiger partial charge in [0.05, 0.1) is 23.6 Å². The zero-order chi connectivity index (χ0) is 20.1. The lowest BCUT2D eigenvalue weighted by Crippen LogP contribution is -2.20. The minimum Gasteiger partial charge on any atom is -0.462 e. The molecule has 8 heteroatoms. The second-order valence-electron chi connectivity index (χ2n) is 6.00. The van der Waals surface area contributed by atoms with Crippen molar-refractivity contribution in [3.05, 3.63) is 53.9 Å². The molecule has 0 fully saturated rings. The number of ether oxygens (including phenoxy) is 1. The minimum absolute atomic E-state index is 0.312. The lowest BCUT2D eigenvalue weighted by molar-refractivity contribution is 0.0528. The van der Waals surface area contributed by atoms with Gasteiger partial charge in [-0.1, -0.05) is 30.3 Å². The lowest BCUT2D eigenvalue weighted by atomic mass is 10.1. The number of carbonyl (C=O) groups excluding carboxylic acids is 1. The molecule has 6 nitrogen and oxygen atoms in total. The minimum atomic E-state index is -0.374. The molecule has 0 atom stereocenters. The fraction of sp³-hybridized carbons (Fsp3) is 0.250. The Kier molecular flexibility index (Phi) is 6.43. The maximum atomic E-state index is 12.4.